The molecule has 0 fully saturated rings. The number of aromatic nitrogens is 3. The van der Waals surface area contributed by atoms with Gasteiger partial charge in [0, 0.05) is 6.20 Å². The molecule has 3 nitrogen and oxygen atoms in total. The van der Waals surface area contributed by atoms with E-state index in [9.17, 15) is 0 Å². The Bertz CT molecular complexity index is 389. The summed E-state index contributed by atoms with van der Waals surface area (Å²) in [5, 5.41) is 0. The maximum absolute atomic E-state index is 4.22. The van der Waals surface area contributed by atoms with Crippen molar-refractivity contribution in [1.82, 2.24) is 15.0 Å². The molecule has 1 N–H and O–H groups in total. The molecule has 3 heteroatoms. The third kappa shape index (κ3) is 0.978. The fraction of sp³-hybridized carbons (Fsp3) is 0.333. The normalized spacial score (nSPS) is 11.2. The van der Waals surface area contributed by atoms with E-state index >= 15 is 0 Å². The third-order valence-corrected chi connectivity index (χ3v) is 1.99. The van der Waals surface area contributed by atoms with Crippen LogP contribution in [0.3, 0.4) is 0 Å². The van der Waals surface area contributed by atoms with Crippen molar-refractivity contribution in [1.29, 1.82) is 0 Å². The number of hydrogen-bond donors (Lipinski definition) is 1. The molecule has 2 rings (SSSR count). The standard InChI is InChI=1S/C9H11N3/c1-6(2)7-3-11-8-4-10-5-12-9(7)8/h3-6,11H,1-2H3. The highest BCUT2D eigenvalue weighted by Gasteiger charge is 2.06. The van der Waals surface area contributed by atoms with Crippen LogP contribution in [0.2, 0.25) is 0 Å². The van der Waals surface area contributed by atoms with Crippen molar-refractivity contribution in [3.05, 3.63) is 24.3 Å². The second-order valence-electron chi connectivity index (χ2n) is 3.18. The van der Waals surface area contributed by atoms with Crippen LogP contribution in [0.5, 0.6) is 0 Å². The fourth-order valence-electron chi connectivity index (χ4n) is 1.33. The topological polar surface area (TPSA) is 41.6 Å². The Kier molecular flexibility index (Phi) is 1.57. The lowest BCUT2D eigenvalue weighted by atomic mass is 10.1. The molecule has 0 saturated heterocycles. The van der Waals surface area contributed by atoms with Crippen LogP contribution < -0.4 is 0 Å². The molecule has 0 bridgehead atoms. The van der Waals surface area contributed by atoms with Crippen molar-refractivity contribution in [3.8, 4) is 0 Å². The zero-order chi connectivity index (χ0) is 8.55. The lowest BCUT2D eigenvalue weighted by Crippen LogP contribution is -1.86. The van der Waals surface area contributed by atoms with E-state index in [4.69, 9.17) is 0 Å². The summed E-state index contributed by atoms with van der Waals surface area (Å²) in [6.07, 6.45) is 5.39. The Morgan fingerprint density at radius 2 is 2.25 bits per heavy atom. The molecule has 0 spiro atoms. The predicted octanol–water partition coefficient (Wildman–Crippen LogP) is 2.08. The van der Waals surface area contributed by atoms with Gasteiger partial charge < -0.3 is 4.98 Å². The molecule has 0 aliphatic heterocycles. The minimum absolute atomic E-state index is 0.508. The van der Waals surface area contributed by atoms with Gasteiger partial charge in [0.1, 0.15) is 6.33 Å². The van der Waals surface area contributed by atoms with E-state index in [0.717, 1.165) is 11.0 Å². The van der Waals surface area contributed by atoms with Crippen molar-refractivity contribution in [2.45, 2.75) is 19.8 Å². The van der Waals surface area contributed by atoms with E-state index in [0.29, 0.717) is 5.92 Å². The van der Waals surface area contributed by atoms with Gasteiger partial charge in [-0.15, -0.1) is 0 Å². The second-order valence-corrected chi connectivity index (χ2v) is 3.18. The molecule has 0 saturated carbocycles. The molecule has 0 aliphatic carbocycles. The molecule has 0 aromatic carbocycles. The maximum atomic E-state index is 4.22. The van der Waals surface area contributed by atoms with Gasteiger partial charge in [-0.1, -0.05) is 13.8 Å². The molecule has 2 aromatic heterocycles. The van der Waals surface area contributed by atoms with Crippen molar-refractivity contribution < 1.29 is 0 Å². The predicted molar refractivity (Wildman–Crippen MR) is 48.0 cm³/mol. The third-order valence-electron chi connectivity index (χ3n) is 1.99. The number of aromatic amines is 1. The summed E-state index contributed by atoms with van der Waals surface area (Å²) < 4.78 is 0. The van der Waals surface area contributed by atoms with Gasteiger partial charge in [-0.2, -0.15) is 0 Å². The Labute approximate surface area is 70.9 Å². The lowest BCUT2D eigenvalue weighted by molar-refractivity contribution is 0.872. The number of nitrogens with zero attached hydrogens (tertiary/aromatic N) is 2. The Balaban J connectivity index is 2.70. The van der Waals surface area contributed by atoms with E-state index in [1.54, 1.807) is 12.5 Å². The molecular formula is C9H11N3. The summed E-state index contributed by atoms with van der Waals surface area (Å²) in [6, 6.07) is 0. The Morgan fingerprint density at radius 3 is 3.00 bits per heavy atom. The van der Waals surface area contributed by atoms with E-state index in [-0.39, 0.29) is 0 Å². The van der Waals surface area contributed by atoms with E-state index in [1.807, 2.05) is 6.20 Å². The van der Waals surface area contributed by atoms with E-state index < -0.39 is 0 Å². The average Bonchev–Trinajstić information content (AvgIpc) is 2.47. The molecule has 2 aromatic rings. The summed E-state index contributed by atoms with van der Waals surface area (Å²) in [5.74, 6) is 0.508. The number of rotatable bonds is 1. The Morgan fingerprint density at radius 1 is 1.42 bits per heavy atom. The Hall–Kier alpha value is -1.38. The number of fused-ring (bicyclic) bond motifs is 1. The molecule has 0 atom stereocenters. The van der Waals surface area contributed by atoms with Crippen LogP contribution >= 0.6 is 0 Å². The van der Waals surface area contributed by atoms with E-state index in [1.165, 1.54) is 5.56 Å². The molecule has 0 amide bonds. The van der Waals surface area contributed by atoms with Gasteiger partial charge in [0.2, 0.25) is 0 Å². The smallest absolute Gasteiger partial charge is 0.116 e. The number of nitrogens with one attached hydrogen (secondary N) is 1. The minimum atomic E-state index is 0.508. The van der Waals surface area contributed by atoms with Gasteiger partial charge in [0.25, 0.3) is 0 Å². The molecule has 0 radical (unpaired) electrons. The van der Waals surface area contributed by atoms with Crippen LogP contribution in [0.25, 0.3) is 11.0 Å². The summed E-state index contributed by atoms with van der Waals surface area (Å²) in [5.41, 5.74) is 3.31. The van der Waals surface area contributed by atoms with Crippen LogP contribution in [-0.4, -0.2) is 15.0 Å². The highest BCUT2D eigenvalue weighted by molar-refractivity contribution is 5.78. The molecule has 0 aliphatic rings. The first-order valence-corrected chi connectivity index (χ1v) is 4.06. The summed E-state index contributed by atoms with van der Waals surface area (Å²) >= 11 is 0. The molecule has 0 unspecified atom stereocenters. The van der Waals surface area contributed by atoms with Crippen molar-refractivity contribution in [2.75, 3.05) is 0 Å². The number of hydrogen-bond acceptors (Lipinski definition) is 2. The largest absolute Gasteiger partial charge is 0.358 e. The highest BCUT2D eigenvalue weighted by Crippen LogP contribution is 2.21. The second kappa shape index (κ2) is 2.59. The zero-order valence-corrected chi connectivity index (χ0v) is 7.20. The van der Waals surface area contributed by atoms with Gasteiger partial charge >= 0.3 is 0 Å². The van der Waals surface area contributed by atoms with Crippen LogP contribution in [0.15, 0.2) is 18.7 Å². The first kappa shape index (κ1) is 7.28. The lowest BCUT2D eigenvalue weighted by Gasteiger charge is -1.99. The molecular weight excluding hydrogens is 150 g/mol. The first-order valence-electron chi connectivity index (χ1n) is 4.06. The summed E-state index contributed by atoms with van der Waals surface area (Å²) in [4.78, 5) is 11.3. The van der Waals surface area contributed by atoms with Gasteiger partial charge in [-0.05, 0) is 11.5 Å². The van der Waals surface area contributed by atoms with Gasteiger partial charge in [0.05, 0.1) is 17.2 Å². The van der Waals surface area contributed by atoms with Crippen LogP contribution in [0.1, 0.15) is 25.3 Å². The van der Waals surface area contributed by atoms with Crippen LogP contribution in [-0.2, 0) is 0 Å². The monoisotopic (exact) mass is 161 g/mol. The van der Waals surface area contributed by atoms with Crippen molar-refractivity contribution in [2.24, 2.45) is 0 Å². The fourth-order valence-corrected chi connectivity index (χ4v) is 1.33. The summed E-state index contributed by atoms with van der Waals surface area (Å²) in [6.45, 7) is 4.31. The average molecular weight is 161 g/mol. The van der Waals surface area contributed by atoms with E-state index in [2.05, 4.69) is 28.8 Å². The first-order chi connectivity index (χ1) is 5.79. The van der Waals surface area contributed by atoms with Crippen LogP contribution in [0, 0.1) is 0 Å². The quantitative estimate of drug-likeness (QED) is 0.695. The zero-order valence-electron chi connectivity index (χ0n) is 7.20. The van der Waals surface area contributed by atoms with Crippen LogP contribution in [0.4, 0.5) is 0 Å². The highest BCUT2D eigenvalue weighted by atomic mass is 14.9. The molecule has 12 heavy (non-hydrogen) atoms. The molecule has 62 valence electrons. The molecule has 2 heterocycles. The van der Waals surface area contributed by atoms with Gasteiger partial charge in [0.15, 0.2) is 0 Å². The summed E-state index contributed by atoms with van der Waals surface area (Å²) in [7, 11) is 0. The van der Waals surface area contributed by atoms with Gasteiger partial charge in [-0.3, -0.25) is 0 Å². The minimum Gasteiger partial charge on any atom is -0.358 e. The maximum Gasteiger partial charge on any atom is 0.116 e. The van der Waals surface area contributed by atoms with Crippen molar-refractivity contribution >= 4 is 11.0 Å². The van der Waals surface area contributed by atoms with Gasteiger partial charge in [-0.25, -0.2) is 9.97 Å². The number of H-pyrrole nitrogens is 1. The SMILES string of the molecule is CC(C)c1c[nH]c2cncnc12. The van der Waals surface area contributed by atoms with Crippen molar-refractivity contribution in [3.63, 3.8) is 0 Å².